The van der Waals surface area contributed by atoms with E-state index in [0.717, 1.165) is 30.1 Å². The number of anilines is 2. The molecule has 5 nitrogen and oxygen atoms in total. The first-order chi connectivity index (χ1) is 17.4. The van der Waals surface area contributed by atoms with Crippen molar-refractivity contribution in [2.24, 2.45) is 0 Å². The Morgan fingerprint density at radius 1 is 0.972 bits per heavy atom. The van der Waals surface area contributed by atoms with Gasteiger partial charge in [-0.3, -0.25) is 9.78 Å². The number of nitrogens with one attached hydrogen (secondary N) is 1. The second-order valence-corrected chi connectivity index (χ2v) is 8.35. The lowest BCUT2D eigenvalue weighted by molar-refractivity contribution is -0.137. The molecule has 0 unspecified atom stereocenters. The highest BCUT2D eigenvalue weighted by Gasteiger charge is 2.30. The fourth-order valence-corrected chi connectivity index (χ4v) is 4.18. The van der Waals surface area contributed by atoms with Crippen molar-refractivity contribution in [3.05, 3.63) is 108 Å². The number of rotatable bonds is 5. The zero-order valence-corrected chi connectivity index (χ0v) is 19.1. The normalized spacial score (nSPS) is 13.0. The van der Waals surface area contributed by atoms with Crippen molar-refractivity contribution < 1.29 is 22.7 Å². The number of ether oxygens (including phenoxy) is 1. The number of hydrogen-bond acceptors (Lipinski definition) is 4. The number of amides is 1. The highest BCUT2D eigenvalue weighted by Crippen LogP contribution is 2.36. The average Bonchev–Trinajstić information content (AvgIpc) is 2.89. The highest BCUT2D eigenvalue weighted by atomic mass is 19.4. The van der Waals surface area contributed by atoms with Crippen LogP contribution < -0.4 is 15.0 Å². The maximum atomic E-state index is 13.2. The molecule has 1 aliphatic rings. The van der Waals surface area contributed by atoms with Crippen LogP contribution in [0, 0.1) is 0 Å². The third-order valence-corrected chi connectivity index (χ3v) is 5.95. The second kappa shape index (κ2) is 9.73. The van der Waals surface area contributed by atoms with Crippen molar-refractivity contribution in [3.63, 3.8) is 0 Å². The van der Waals surface area contributed by atoms with Gasteiger partial charge in [0, 0.05) is 23.5 Å². The van der Waals surface area contributed by atoms with Crippen LogP contribution in [0.15, 0.2) is 91.1 Å². The molecule has 8 heteroatoms. The molecule has 182 valence electrons. The van der Waals surface area contributed by atoms with E-state index in [9.17, 15) is 18.0 Å². The number of carbonyl (C=O) groups is 1. The molecule has 1 aliphatic heterocycles. The average molecular weight is 489 g/mol. The topological polar surface area (TPSA) is 54.5 Å². The first-order valence-electron chi connectivity index (χ1n) is 11.4. The van der Waals surface area contributed by atoms with Crippen molar-refractivity contribution in [3.8, 4) is 16.9 Å². The van der Waals surface area contributed by atoms with Gasteiger partial charge in [0.05, 0.1) is 30.0 Å². The van der Waals surface area contributed by atoms with Gasteiger partial charge in [-0.25, -0.2) is 0 Å². The number of pyridine rings is 1. The summed E-state index contributed by atoms with van der Waals surface area (Å²) in [6.45, 7) is 1.87. The fourth-order valence-electron chi connectivity index (χ4n) is 4.18. The Hall–Kier alpha value is -4.33. The molecule has 0 radical (unpaired) electrons. The van der Waals surface area contributed by atoms with Crippen molar-refractivity contribution >= 4 is 17.3 Å². The summed E-state index contributed by atoms with van der Waals surface area (Å²) in [6, 6.07) is 22.9. The molecule has 0 spiro atoms. The van der Waals surface area contributed by atoms with E-state index in [-0.39, 0.29) is 5.91 Å². The van der Waals surface area contributed by atoms with Crippen LogP contribution in [-0.2, 0) is 12.7 Å². The minimum Gasteiger partial charge on any atom is -0.489 e. The summed E-state index contributed by atoms with van der Waals surface area (Å²) in [5.41, 5.74) is 3.09. The van der Waals surface area contributed by atoms with Crippen LogP contribution in [0.25, 0.3) is 11.1 Å². The predicted molar refractivity (Wildman–Crippen MR) is 132 cm³/mol. The maximum absolute atomic E-state index is 13.2. The minimum absolute atomic E-state index is 0.354. The van der Waals surface area contributed by atoms with E-state index >= 15 is 0 Å². The van der Waals surface area contributed by atoms with Crippen LogP contribution in [0.3, 0.4) is 0 Å². The van der Waals surface area contributed by atoms with Gasteiger partial charge in [0.1, 0.15) is 12.4 Å². The lowest BCUT2D eigenvalue weighted by Crippen LogP contribution is -2.32. The van der Waals surface area contributed by atoms with Gasteiger partial charge in [0.25, 0.3) is 5.91 Å². The summed E-state index contributed by atoms with van der Waals surface area (Å²) >= 11 is 0. The van der Waals surface area contributed by atoms with Crippen molar-refractivity contribution in [2.75, 3.05) is 23.4 Å². The van der Waals surface area contributed by atoms with Gasteiger partial charge in [-0.1, -0.05) is 36.4 Å². The summed E-state index contributed by atoms with van der Waals surface area (Å²) in [5, 5.41) is 2.89. The van der Waals surface area contributed by atoms with E-state index in [4.69, 9.17) is 4.74 Å². The van der Waals surface area contributed by atoms with Gasteiger partial charge in [-0.15, -0.1) is 0 Å². The molecule has 36 heavy (non-hydrogen) atoms. The second-order valence-electron chi connectivity index (χ2n) is 8.35. The first-order valence-corrected chi connectivity index (χ1v) is 11.4. The first kappa shape index (κ1) is 23.4. The van der Waals surface area contributed by atoms with E-state index in [1.807, 2.05) is 24.3 Å². The van der Waals surface area contributed by atoms with Crippen LogP contribution >= 0.6 is 0 Å². The summed E-state index contributed by atoms with van der Waals surface area (Å²) in [5.74, 6) is 0.289. The van der Waals surface area contributed by atoms with E-state index in [2.05, 4.69) is 15.2 Å². The van der Waals surface area contributed by atoms with Gasteiger partial charge in [-0.05, 0) is 53.6 Å². The number of halogens is 3. The lowest BCUT2D eigenvalue weighted by Gasteiger charge is -2.31. The van der Waals surface area contributed by atoms with Gasteiger partial charge in [0.15, 0.2) is 0 Å². The predicted octanol–water partition coefficient (Wildman–Crippen LogP) is 6.42. The number of aromatic nitrogens is 1. The summed E-state index contributed by atoms with van der Waals surface area (Å²) in [6.07, 6.45) is -2.66. The number of nitrogens with zero attached hydrogens (tertiary/aromatic N) is 2. The minimum atomic E-state index is -4.42. The van der Waals surface area contributed by atoms with Gasteiger partial charge >= 0.3 is 6.18 Å². The Balaban J connectivity index is 1.36. The number of hydrogen-bond donors (Lipinski definition) is 1. The number of benzene rings is 3. The molecule has 0 saturated carbocycles. The van der Waals surface area contributed by atoms with Gasteiger partial charge in [0.2, 0.25) is 0 Å². The Kier molecular flexibility index (Phi) is 6.33. The molecule has 1 amide bonds. The Morgan fingerprint density at radius 2 is 1.75 bits per heavy atom. The third-order valence-electron chi connectivity index (χ3n) is 5.95. The number of fused-ring (bicyclic) bond motifs is 1. The van der Waals surface area contributed by atoms with Crippen LogP contribution in [0.4, 0.5) is 24.5 Å². The van der Waals surface area contributed by atoms with Gasteiger partial charge < -0.3 is 15.0 Å². The van der Waals surface area contributed by atoms with Crippen molar-refractivity contribution in [1.29, 1.82) is 0 Å². The Labute approximate surface area is 206 Å². The quantitative estimate of drug-likeness (QED) is 0.352. The molecule has 0 saturated heterocycles. The maximum Gasteiger partial charge on any atom is 0.416 e. The third kappa shape index (κ3) is 5.02. The van der Waals surface area contributed by atoms with Crippen LogP contribution in [0.2, 0.25) is 0 Å². The molecule has 0 bridgehead atoms. The fraction of sp³-hybridized carbons (Fsp3) is 0.143. The monoisotopic (exact) mass is 489 g/mol. The smallest absolute Gasteiger partial charge is 0.416 e. The summed E-state index contributed by atoms with van der Waals surface area (Å²) in [7, 11) is 0. The molecule has 0 aliphatic carbocycles. The SMILES string of the molecule is O=C(Nc1ccc2c(c1)OCCN2Cc1ccccn1)c1ccccc1-c1ccc(C(F)(F)F)cc1. The molecule has 3 aromatic carbocycles. The van der Waals surface area contributed by atoms with Crippen LogP contribution in [0.1, 0.15) is 21.6 Å². The molecular weight excluding hydrogens is 467 g/mol. The van der Waals surface area contributed by atoms with E-state index < -0.39 is 11.7 Å². The van der Waals surface area contributed by atoms with Gasteiger partial charge in [-0.2, -0.15) is 13.2 Å². The van der Waals surface area contributed by atoms with E-state index in [1.54, 1.807) is 42.6 Å². The molecule has 2 heterocycles. The standard InChI is InChI=1S/C28H22F3N3O2/c29-28(30,31)20-10-8-19(9-11-20)23-6-1-2-7-24(23)27(35)33-21-12-13-25-26(17-21)36-16-15-34(25)18-22-5-3-4-14-32-22/h1-14,17H,15-16,18H2,(H,33,35). The number of carbonyl (C=O) groups excluding carboxylic acids is 1. The van der Waals surface area contributed by atoms with Crippen LogP contribution in [0.5, 0.6) is 5.75 Å². The molecule has 1 aromatic heterocycles. The Morgan fingerprint density at radius 3 is 2.50 bits per heavy atom. The summed E-state index contributed by atoms with van der Waals surface area (Å²) in [4.78, 5) is 19.7. The van der Waals surface area contributed by atoms with Crippen molar-refractivity contribution in [2.45, 2.75) is 12.7 Å². The highest BCUT2D eigenvalue weighted by molar-refractivity contribution is 6.08. The zero-order valence-electron chi connectivity index (χ0n) is 19.1. The number of alkyl halides is 3. The molecule has 0 fully saturated rings. The molecule has 5 rings (SSSR count). The summed E-state index contributed by atoms with van der Waals surface area (Å²) < 4.78 is 44.7. The lowest BCUT2D eigenvalue weighted by atomic mass is 9.98. The zero-order chi connectivity index (χ0) is 25.1. The molecule has 1 N–H and O–H groups in total. The molecular formula is C28H22F3N3O2. The van der Waals surface area contributed by atoms with E-state index in [0.29, 0.717) is 41.3 Å². The van der Waals surface area contributed by atoms with Crippen LogP contribution in [-0.4, -0.2) is 24.0 Å². The van der Waals surface area contributed by atoms with E-state index in [1.165, 1.54) is 12.1 Å². The largest absolute Gasteiger partial charge is 0.489 e. The Bertz CT molecular complexity index is 1370. The molecule has 0 atom stereocenters. The van der Waals surface area contributed by atoms with Crippen molar-refractivity contribution in [1.82, 2.24) is 4.98 Å². The molecule has 4 aromatic rings.